The normalized spacial score (nSPS) is 22.5. The number of nitrogens with one attached hydrogen (secondary N) is 1. The van der Waals surface area contributed by atoms with Crippen LogP contribution in [0.4, 0.5) is 4.39 Å². The molecule has 2 aliphatic heterocycles. The zero-order chi connectivity index (χ0) is 14.8. The average molecular weight is 392 g/mol. The number of nitrogens with zero attached hydrogens (tertiary/aromatic N) is 1. The molecule has 2 heterocycles. The number of benzene rings is 1. The molecular formula is C16H21BrClFN2O. The maximum absolute atomic E-state index is 13.9. The van der Waals surface area contributed by atoms with Crippen LogP contribution in [0, 0.1) is 11.7 Å². The molecule has 2 fully saturated rings. The third-order valence-corrected chi connectivity index (χ3v) is 5.33. The number of rotatable bonds is 2. The third kappa shape index (κ3) is 3.63. The predicted molar refractivity (Wildman–Crippen MR) is 91.0 cm³/mol. The van der Waals surface area contributed by atoms with E-state index >= 15 is 0 Å². The van der Waals surface area contributed by atoms with Crippen LogP contribution in [0.15, 0.2) is 22.7 Å². The van der Waals surface area contributed by atoms with E-state index < -0.39 is 5.82 Å². The van der Waals surface area contributed by atoms with Crippen LogP contribution in [0.25, 0.3) is 0 Å². The van der Waals surface area contributed by atoms with Crippen LogP contribution in [0.3, 0.4) is 0 Å². The number of piperidine rings is 1. The molecule has 2 aliphatic rings. The molecule has 2 saturated heterocycles. The first-order chi connectivity index (χ1) is 10.2. The van der Waals surface area contributed by atoms with Gasteiger partial charge in [0.05, 0.1) is 5.56 Å². The molecule has 0 aromatic heterocycles. The number of carbonyl (C=O) groups is 1. The lowest BCUT2D eigenvalue weighted by molar-refractivity contribution is 0.0668. The Morgan fingerprint density at radius 3 is 2.59 bits per heavy atom. The zero-order valence-electron chi connectivity index (χ0n) is 12.4. The number of hydrogen-bond donors (Lipinski definition) is 1. The summed E-state index contributed by atoms with van der Waals surface area (Å²) >= 11 is 3.28. The smallest absolute Gasteiger partial charge is 0.257 e. The standard InChI is InChI=1S/C16H20BrFN2O.ClH/c17-12-3-1-4-13(18)15(12)16(21)20-9-6-11(7-10-20)14-5-2-8-19-14;/h1,3-4,11,14,19H,2,5-10H2;1H. The summed E-state index contributed by atoms with van der Waals surface area (Å²) < 4.78 is 14.4. The highest BCUT2D eigenvalue weighted by Crippen LogP contribution is 2.28. The van der Waals surface area contributed by atoms with Gasteiger partial charge in [-0.15, -0.1) is 12.4 Å². The number of carbonyl (C=O) groups excluding carboxylic acids is 1. The van der Waals surface area contributed by atoms with Crippen LogP contribution >= 0.6 is 28.3 Å². The Kier molecular flexibility index (Phi) is 6.24. The summed E-state index contributed by atoms with van der Waals surface area (Å²) in [4.78, 5) is 14.3. The Balaban J connectivity index is 0.00000176. The first kappa shape index (κ1) is 17.7. The van der Waals surface area contributed by atoms with Crippen molar-refractivity contribution in [1.29, 1.82) is 0 Å². The fourth-order valence-electron chi connectivity index (χ4n) is 3.48. The van der Waals surface area contributed by atoms with Crippen molar-refractivity contribution < 1.29 is 9.18 Å². The fourth-order valence-corrected chi connectivity index (χ4v) is 3.99. The lowest BCUT2D eigenvalue weighted by atomic mass is 9.88. The summed E-state index contributed by atoms with van der Waals surface area (Å²) in [5.41, 5.74) is 0.162. The topological polar surface area (TPSA) is 32.3 Å². The average Bonchev–Trinajstić information content (AvgIpc) is 3.01. The van der Waals surface area contributed by atoms with Crippen molar-refractivity contribution in [3.05, 3.63) is 34.1 Å². The quantitative estimate of drug-likeness (QED) is 0.835. The fraction of sp³-hybridized carbons (Fsp3) is 0.562. The molecule has 0 aliphatic carbocycles. The molecule has 1 aromatic carbocycles. The molecule has 1 amide bonds. The van der Waals surface area contributed by atoms with Crippen LogP contribution in [-0.4, -0.2) is 36.5 Å². The van der Waals surface area contributed by atoms with Gasteiger partial charge in [0.15, 0.2) is 0 Å². The second-order valence-corrected chi connectivity index (χ2v) is 6.78. The van der Waals surface area contributed by atoms with Gasteiger partial charge in [-0.1, -0.05) is 6.07 Å². The Morgan fingerprint density at radius 1 is 1.27 bits per heavy atom. The van der Waals surface area contributed by atoms with Crippen molar-refractivity contribution in [2.45, 2.75) is 31.7 Å². The first-order valence-electron chi connectivity index (χ1n) is 7.63. The SMILES string of the molecule is Cl.O=C(c1c(F)cccc1Br)N1CCC(C2CCCN2)CC1. The third-order valence-electron chi connectivity index (χ3n) is 4.67. The van der Waals surface area contributed by atoms with Crippen LogP contribution in [0.2, 0.25) is 0 Å². The van der Waals surface area contributed by atoms with Crippen molar-refractivity contribution in [1.82, 2.24) is 10.2 Å². The summed E-state index contributed by atoms with van der Waals surface area (Å²) in [7, 11) is 0. The van der Waals surface area contributed by atoms with E-state index in [1.165, 1.54) is 18.9 Å². The summed E-state index contributed by atoms with van der Waals surface area (Å²) in [5.74, 6) is 0.00683. The van der Waals surface area contributed by atoms with Crippen LogP contribution in [0.1, 0.15) is 36.0 Å². The molecule has 1 atom stereocenters. The van der Waals surface area contributed by atoms with Gasteiger partial charge in [0, 0.05) is 23.6 Å². The van der Waals surface area contributed by atoms with Gasteiger partial charge in [-0.3, -0.25) is 4.79 Å². The highest BCUT2D eigenvalue weighted by Gasteiger charge is 2.31. The summed E-state index contributed by atoms with van der Waals surface area (Å²) in [6.07, 6.45) is 4.52. The Bertz CT molecular complexity index is 509. The van der Waals surface area contributed by atoms with Crippen molar-refractivity contribution in [2.24, 2.45) is 5.92 Å². The molecule has 0 saturated carbocycles. The minimum Gasteiger partial charge on any atom is -0.339 e. The molecule has 122 valence electrons. The largest absolute Gasteiger partial charge is 0.339 e. The van der Waals surface area contributed by atoms with E-state index in [-0.39, 0.29) is 23.9 Å². The number of amides is 1. The molecule has 0 bridgehead atoms. The Hall–Kier alpha value is -0.650. The Labute approximate surface area is 145 Å². The van der Waals surface area contributed by atoms with Gasteiger partial charge >= 0.3 is 0 Å². The summed E-state index contributed by atoms with van der Waals surface area (Å²) in [6.45, 7) is 2.57. The van der Waals surface area contributed by atoms with E-state index in [0.717, 1.165) is 32.5 Å². The highest BCUT2D eigenvalue weighted by atomic mass is 79.9. The monoisotopic (exact) mass is 390 g/mol. The van der Waals surface area contributed by atoms with E-state index in [1.807, 2.05) is 0 Å². The van der Waals surface area contributed by atoms with E-state index in [4.69, 9.17) is 0 Å². The van der Waals surface area contributed by atoms with Gasteiger partial charge < -0.3 is 10.2 Å². The molecule has 0 spiro atoms. The van der Waals surface area contributed by atoms with Crippen molar-refractivity contribution in [2.75, 3.05) is 19.6 Å². The van der Waals surface area contributed by atoms with E-state index in [1.54, 1.807) is 17.0 Å². The molecule has 1 unspecified atom stereocenters. The van der Waals surface area contributed by atoms with Gasteiger partial charge in [-0.2, -0.15) is 0 Å². The van der Waals surface area contributed by atoms with Gasteiger partial charge in [0.25, 0.3) is 5.91 Å². The second-order valence-electron chi connectivity index (χ2n) is 5.93. The lowest BCUT2D eigenvalue weighted by Crippen LogP contribution is -2.43. The molecule has 3 rings (SSSR count). The second kappa shape index (κ2) is 7.75. The zero-order valence-corrected chi connectivity index (χ0v) is 14.8. The van der Waals surface area contributed by atoms with Crippen LogP contribution < -0.4 is 5.32 Å². The minimum atomic E-state index is -0.450. The van der Waals surface area contributed by atoms with Crippen LogP contribution in [-0.2, 0) is 0 Å². The number of hydrogen-bond acceptors (Lipinski definition) is 2. The predicted octanol–water partition coefficient (Wildman–Crippen LogP) is 3.61. The molecule has 6 heteroatoms. The molecule has 22 heavy (non-hydrogen) atoms. The van der Waals surface area contributed by atoms with Gasteiger partial charge in [0.2, 0.25) is 0 Å². The maximum Gasteiger partial charge on any atom is 0.257 e. The van der Waals surface area contributed by atoms with Gasteiger partial charge in [-0.05, 0) is 66.2 Å². The molecule has 3 nitrogen and oxygen atoms in total. The molecule has 0 radical (unpaired) electrons. The molecule has 1 aromatic rings. The van der Waals surface area contributed by atoms with E-state index in [0.29, 0.717) is 16.4 Å². The van der Waals surface area contributed by atoms with E-state index in [9.17, 15) is 9.18 Å². The molecular weight excluding hydrogens is 371 g/mol. The van der Waals surface area contributed by atoms with Crippen LogP contribution in [0.5, 0.6) is 0 Å². The summed E-state index contributed by atoms with van der Waals surface area (Å²) in [6, 6.07) is 5.27. The number of likely N-dealkylation sites (tertiary alicyclic amines) is 1. The maximum atomic E-state index is 13.9. The number of halogens is 3. The minimum absolute atomic E-state index is 0. The van der Waals surface area contributed by atoms with Gasteiger partial charge in [-0.25, -0.2) is 4.39 Å². The molecule has 1 N–H and O–H groups in total. The van der Waals surface area contributed by atoms with Gasteiger partial charge in [0.1, 0.15) is 5.82 Å². The summed E-state index contributed by atoms with van der Waals surface area (Å²) in [5, 5.41) is 3.55. The highest BCUT2D eigenvalue weighted by molar-refractivity contribution is 9.10. The first-order valence-corrected chi connectivity index (χ1v) is 8.43. The van der Waals surface area contributed by atoms with Crippen molar-refractivity contribution in [3.8, 4) is 0 Å². The van der Waals surface area contributed by atoms with Crippen molar-refractivity contribution >= 4 is 34.2 Å². The lowest BCUT2D eigenvalue weighted by Gasteiger charge is -2.35. The Morgan fingerprint density at radius 2 is 2.00 bits per heavy atom. The van der Waals surface area contributed by atoms with Crippen molar-refractivity contribution in [3.63, 3.8) is 0 Å². The van der Waals surface area contributed by atoms with E-state index in [2.05, 4.69) is 21.2 Å².